The topological polar surface area (TPSA) is 35.5 Å². The summed E-state index contributed by atoms with van der Waals surface area (Å²) in [6.45, 7) is 5.55. The van der Waals surface area contributed by atoms with Gasteiger partial charge in [0.2, 0.25) is 6.29 Å². The van der Waals surface area contributed by atoms with Crippen molar-refractivity contribution in [1.29, 1.82) is 0 Å². The van der Waals surface area contributed by atoms with Gasteiger partial charge in [0.15, 0.2) is 0 Å². The summed E-state index contributed by atoms with van der Waals surface area (Å²) in [5, 5.41) is 0. The molecule has 0 amide bonds. The first-order valence-corrected chi connectivity index (χ1v) is 6.10. The van der Waals surface area contributed by atoms with Crippen molar-refractivity contribution in [3.05, 3.63) is 12.7 Å². The minimum atomic E-state index is -0.420. The minimum absolute atomic E-state index is 0.419. The predicted molar refractivity (Wildman–Crippen MR) is 65.1 cm³/mol. The molecule has 0 saturated carbocycles. The Kier molecular flexibility index (Phi) is 10.1. The van der Waals surface area contributed by atoms with Crippen LogP contribution in [0.25, 0.3) is 0 Å². The highest BCUT2D eigenvalue weighted by Gasteiger charge is 2.10. The standard InChI is InChI=1S/C13H24O3/c1-4-6-7-8-9-10-11-13(15-3)16-12(14)5-2/h5,13H,2,4,6-11H2,1,3H3. The Balaban J connectivity index is 3.47. The molecule has 0 saturated heterocycles. The summed E-state index contributed by atoms with van der Waals surface area (Å²) in [5.41, 5.74) is 0. The molecule has 0 N–H and O–H groups in total. The molecule has 1 atom stereocenters. The molecule has 0 rings (SSSR count). The molecule has 0 radical (unpaired) electrons. The van der Waals surface area contributed by atoms with Crippen LogP contribution in [0.1, 0.15) is 51.9 Å². The van der Waals surface area contributed by atoms with Gasteiger partial charge in [0.05, 0.1) is 0 Å². The van der Waals surface area contributed by atoms with Gasteiger partial charge in [0.25, 0.3) is 0 Å². The number of hydrogen-bond acceptors (Lipinski definition) is 3. The lowest BCUT2D eigenvalue weighted by Gasteiger charge is -2.14. The number of carbonyl (C=O) groups is 1. The maximum absolute atomic E-state index is 10.9. The number of unbranched alkanes of at least 4 members (excludes halogenated alkanes) is 5. The fourth-order valence-electron chi connectivity index (χ4n) is 1.49. The van der Waals surface area contributed by atoms with E-state index < -0.39 is 12.3 Å². The van der Waals surface area contributed by atoms with Crippen LogP contribution in [0.3, 0.4) is 0 Å². The van der Waals surface area contributed by atoms with Gasteiger partial charge >= 0.3 is 5.97 Å². The lowest BCUT2D eigenvalue weighted by Crippen LogP contribution is -2.18. The van der Waals surface area contributed by atoms with Crippen molar-refractivity contribution in [3.63, 3.8) is 0 Å². The van der Waals surface area contributed by atoms with Gasteiger partial charge in [-0.05, 0) is 6.42 Å². The first kappa shape index (κ1) is 15.2. The number of hydrogen-bond donors (Lipinski definition) is 0. The zero-order valence-corrected chi connectivity index (χ0v) is 10.5. The smallest absolute Gasteiger partial charge is 0.332 e. The van der Waals surface area contributed by atoms with Gasteiger partial charge in [-0.3, -0.25) is 0 Å². The molecule has 1 unspecified atom stereocenters. The second-order valence-corrected chi connectivity index (χ2v) is 3.86. The van der Waals surface area contributed by atoms with Crippen LogP contribution < -0.4 is 0 Å². The molecule has 0 bridgehead atoms. The molecule has 3 heteroatoms. The average molecular weight is 228 g/mol. The number of carbonyl (C=O) groups excluding carboxylic acids is 1. The van der Waals surface area contributed by atoms with Gasteiger partial charge in [0, 0.05) is 19.6 Å². The van der Waals surface area contributed by atoms with Crippen molar-refractivity contribution in [3.8, 4) is 0 Å². The molecule has 3 nitrogen and oxygen atoms in total. The van der Waals surface area contributed by atoms with Crippen LogP contribution in [0.4, 0.5) is 0 Å². The van der Waals surface area contributed by atoms with Gasteiger partial charge in [-0.2, -0.15) is 0 Å². The van der Waals surface area contributed by atoms with Crippen molar-refractivity contribution in [1.82, 2.24) is 0 Å². The molecule has 0 aromatic carbocycles. The van der Waals surface area contributed by atoms with Crippen LogP contribution in [-0.4, -0.2) is 19.4 Å². The highest BCUT2D eigenvalue weighted by atomic mass is 16.7. The molecule has 94 valence electrons. The lowest BCUT2D eigenvalue weighted by molar-refractivity contribution is -0.168. The highest BCUT2D eigenvalue weighted by molar-refractivity contribution is 5.81. The molecule has 0 aliphatic heterocycles. The summed E-state index contributed by atoms with van der Waals surface area (Å²) in [7, 11) is 1.55. The van der Waals surface area contributed by atoms with E-state index >= 15 is 0 Å². The Morgan fingerprint density at radius 2 is 1.88 bits per heavy atom. The molecular weight excluding hydrogens is 204 g/mol. The number of rotatable bonds is 10. The molecule has 0 spiro atoms. The summed E-state index contributed by atoms with van der Waals surface area (Å²) in [5.74, 6) is -0.419. The largest absolute Gasteiger partial charge is 0.433 e. The molecule has 0 aliphatic carbocycles. The van der Waals surface area contributed by atoms with Gasteiger partial charge in [-0.25, -0.2) is 4.79 Å². The Labute approximate surface area is 98.8 Å². The third-order valence-electron chi connectivity index (χ3n) is 2.47. The molecule has 0 heterocycles. The second kappa shape index (κ2) is 10.7. The molecule has 0 fully saturated rings. The SMILES string of the molecule is C=CC(=O)OC(CCCCCCCC)OC. The van der Waals surface area contributed by atoms with Crippen molar-refractivity contribution < 1.29 is 14.3 Å². The van der Waals surface area contributed by atoms with Crippen LogP contribution in [0, 0.1) is 0 Å². The third kappa shape index (κ3) is 8.48. The Bertz CT molecular complexity index is 190. The van der Waals surface area contributed by atoms with E-state index in [0.29, 0.717) is 0 Å². The van der Waals surface area contributed by atoms with Crippen molar-refractivity contribution in [2.75, 3.05) is 7.11 Å². The summed E-state index contributed by atoms with van der Waals surface area (Å²) >= 11 is 0. The van der Waals surface area contributed by atoms with Gasteiger partial charge in [-0.1, -0.05) is 45.6 Å². The van der Waals surface area contributed by atoms with Gasteiger partial charge in [-0.15, -0.1) is 0 Å². The van der Waals surface area contributed by atoms with Crippen LogP contribution in [0.2, 0.25) is 0 Å². The Hall–Kier alpha value is -0.830. The second-order valence-electron chi connectivity index (χ2n) is 3.86. The number of methoxy groups -OCH3 is 1. The van der Waals surface area contributed by atoms with E-state index in [2.05, 4.69) is 13.5 Å². The maximum Gasteiger partial charge on any atom is 0.332 e. The van der Waals surface area contributed by atoms with Crippen molar-refractivity contribution in [2.45, 2.75) is 58.2 Å². The number of ether oxygens (including phenoxy) is 2. The highest BCUT2D eigenvalue weighted by Crippen LogP contribution is 2.11. The van der Waals surface area contributed by atoms with Gasteiger partial charge in [0.1, 0.15) is 0 Å². The molecule has 0 aromatic rings. The maximum atomic E-state index is 10.9. The summed E-state index contributed by atoms with van der Waals surface area (Å²) in [6, 6.07) is 0. The van der Waals surface area contributed by atoms with Crippen LogP contribution in [0.5, 0.6) is 0 Å². The fourth-order valence-corrected chi connectivity index (χ4v) is 1.49. The van der Waals surface area contributed by atoms with E-state index in [9.17, 15) is 4.79 Å². The van der Waals surface area contributed by atoms with Crippen LogP contribution in [-0.2, 0) is 14.3 Å². The molecular formula is C13H24O3. The van der Waals surface area contributed by atoms with Crippen molar-refractivity contribution >= 4 is 5.97 Å². The Morgan fingerprint density at radius 1 is 1.25 bits per heavy atom. The van der Waals surface area contributed by atoms with E-state index in [4.69, 9.17) is 9.47 Å². The third-order valence-corrected chi connectivity index (χ3v) is 2.47. The normalized spacial score (nSPS) is 12.1. The van der Waals surface area contributed by atoms with Crippen molar-refractivity contribution in [2.24, 2.45) is 0 Å². The molecule has 0 aromatic heterocycles. The zero-order chi connectivity index (χ0) is 12.2. The summed E-state index contributed by atoms with van der Waals surface area (Å²) in [6.07, 6.45) is 8.82. The van der Waals surface area contributed by atoms with Crippen LogP contribution in [0.15, 0.2) is 12.7 Å². The zero-order valence-electron chi connectivity index (χ0n) is 10.5. The monoisotopic (exact) mass is 228 g/mol. The van der Waals surface area contributed by atoms with E-state index in [-0.39, 0.29) is 0 Å². The summed E-state index contributed by atoms with van der Waals surface area (Å²) < 4.78 is 10.1. The average Bonchev–Trinajstić information content (AvgIpc) is 2.31. The molecule has 0 aliphatic rings. The predicted octanol–water partition coefficient (Wildman–Crippen LogP) is 3.44. The summed E-state index contributed by atoms with van der Waals surface area (Å²) in [4.78, 5) is 10.9. The minimum Gasteiger partial charge on any atom is -0.433 e. The quantitative estimate of drug-likeness (QED) is 0.249. The van der Waals surface area contributed by atoms with E-state index in [1.165, 1.54) is 32.1 Å². The first-order valence-electron chi connectivity index (χ1n) is 6.10. The molecule has 16 heavy (non-hydrogen) atoms. The lowest BCUT2D eigenvalue weighted by atomic mass is 10.1. The van der Waals surface area contributed by atoms with Crippen LogP contribution >= 0.6 is 0 Å². The van der Waals surface area contributed by atoms with E-state index in [0.717, 1.165) is 18.9 Å². The fraction of sp³-hybridized carbons (Fsp3) is 0.769. The van der Waals surface area contributed by atoms with Gasteiger partial charge < -0.3 is 9.47 Å². The van der Waals surface area contributed by atoms with E-state index in [1.807, 2.05) is 0 Å². The first-order chi connectivity index (χ1) is 7.74. The number of esters is 1. The Morgan fingerprint density at radius 3 is 2.44 bits per heavy atom. The van der Waals surface area contributed by atoms with E-state index in [1.54, 1.807) is 7.11 Å².